The molecule has 0 atom stereocenters. The fraction of sp³-hybridized carbons (Fsp3) is 0.381. The molecule has 0 radical (unpaired) electrons. The van der Waals surface area contributed by atoms with Gasteiger partial charge in [-0.1, -0.05) is 6.07 Å². The van der Waals surface area contributed by atoms with Gasteiger partial charge in [-0.25, -0.2) is 4.68 Å². The second kappa shape index (κ2) is 9.82. The number of benzene rings is 1. The molecule has 9 nitrogen and oxygen atoms in total. The van der Waals surface area contributed by atoms with Gasteiger partial charge in [-0.05, 0) is 44.5 Å². The molecule has 0 fully saturated rings. The zero-order valence-electron chi connectivity index (χ0n) is 17.7. The molecule has 2 heterocycles. The van der Waals surface area contributed by atoms with Crippen molar-refractivity contribution in [1.29, 1.82) is 0 Å². The second-order valence-corrected chi connectivity index (χ2v) is 6.77. The standard InChI is InChI=1S/C21H27N5O4/c1-15-13-16(2)26(23-15)11-6-10-22-21(27)17-9-12-25(24-17)14-30-20-18(28-3)7-5-8-19(20)29-4/h5,7-9,12-13H,6,10-11,14H2,1-4H3,(H,22,27). The van der Waals surface area contributed by atoms with E-state index in [9.17, 15) is 4.79 Å². The number of methoxy groups -OCH3 is 2. The minimum Gasteiger partial charge on any atom is -0.493 e. The first-order chi connectivity index (χ1) is 14.5. The monoisotopic (exact) mass is 413 g/mol. The molecule has 160 valence electrons. The first-order valence-electron chi connectivity index (χ1n) is 9.68. The molecule has 0 saturated carbocycles. The van der Waals surface area contributed by atoms with Gasteiger partial charge in [-0.2, -0.15) is 10.2 Å². The molecule has 0 aliphatic heterocycles. The summed E-state index contributed by atoms with van der Waals surface area (Å²) in [6.45, 7) is 5.40. The van der Waals surface area contributed by atoms with E-state index in [0.29, 0.717) is 29.5 Å². The quantitative estimate of drug-likeness (QED) is 0.514. The number of nitrogens with zero attached hydrogens (tertiary/aromatic N) is 4. The van der Waals surface area contributed by atoms with Gasteiger partial charge in [-0.3, -0.25) is 9.48 Å². The van der Waals surface area contributed by atoms with Crippen molar-refractivity contribution in [1.82, 2.24) is 24.9 Å². The Morgan fingerprint density at radius 2 is 1.83 bits per heavy atom. The summed E-state index contributed by atoms with van der Waals surface area (Å²) in [6, 6.07) is 9.07. The highest BCUT2D eigenvalue weighted by molar-refractivity contribution is 5.92. The molecule has 0 unspecified atom stereocenters. The molecule has 0 aliphatic rings. The van der Waals surface area contributed by atoms with E-state index >= 15 is 0 Å². The first kappa shape index (κ1) is 21.2. The normalized spacial score (nSPS) is 10.7. The van der Waals surface area contributed by atoms with Crippen molar-refractivity contribution in [3.05, 3.63) is 53.6 Å². The summed E-state index contributed by atoms with van der Waals surface area (Å²) in [4.78, 5) is 12.3. The molecule has 1 N–H and O–H groups in total. The number of hydrogen-bond acceptors (Lipinski definition) is 6. The maximum atomic E-state index is 12.3. The number of amides is 1. The van der Waals surface area contributed by atoms with Crippen LogP contribution in [0.4, 0.5) is 0 Å². The van der Waals surface area contributed by atoms with E-state index in [4.69, 9.17) is 14.2 Å². The van der Waals surface area contributed by atoms with E-state index in [2.05, 4.69) is 15.5 Å². The highest BCUT2D eigenvalue weighted by atomic mass is 16.5. The zero-order valence-corrected chi connectivity index (χ0v) is 17.7. The number of ether oxygens (including phenoxy) is 3. The summed E-state index contributed by atoms with van der Waals surface area (Å²) in [6.07, 6.45) is 2.47. The minimum absolute atomic E-state index is 0.113. The molecule has 3 aromatic rings. The number of hydrogen-bond donors (Lipinski definition) is 1. The van der Waals surface area contributed by atoms with Crippen LogP contribution in [0.25, 0.3) is 0 Å². The van der Waals surface area contributed by atoms with Crippen molar-refractivity contribution >= 4 is 5.91 Å². The molecule has 2 aromatic heterocycles. The van der Waals surface area contributed by atoms with Crippen molar-refractivity contribution in [2.24, 2.45) is 0 Å². The van der Waals surface area contributed by atoms with E-state index in [1.807, 2.05) is 30.7 Å². The zero-order chi connectivity index (χ0) is 21.5. The van der Waals surface area contributed by atoms with Crippen LogP contribution in [0.1, 0.15) is 28.3 Å². The number of para-hydroxylation sites is 1. The highest BCUT2D eigenvalue weighted by Crippen LogP contribution is 2.36. The molecule has 30 heavy (non-hydrogen) atoms. The summed E-state index contributed by atoms with van der Waals surface area (Å²) in [5.41, 5.74) is 2.44. The Labute approximate surface area is 175 Å². The Hall–Kier alpha value is -3.49. The van der Waals surface area contributed by atoms with Gasteiger partial charge in [0, 0.05) is 25.0 Å². The second-order valence-electron chi connectivity index (χ2n) is 6.77. The third kappa shape index (κ3) is 5.11. The van der Waals surface area contributed by atoms with E-state index in [1.165, 1.54) is 4.68 Å². The average molecular weight is 413 g/mol. The lowest BCUT2D eigenvalue weighted by Gasteiger charge is -2.13. The van der Waals surface area contributed by atoms with Crippen molar-refractivity contribution in [2.45, 2.75) is 33.5 Å². The van der Waals surface area contributed by atoms with E-state index in [1.54, 1.807) is 38.6 Å². The highest BCUT2D eigenvalue weighted by Gasteiger charge is 2.13. The van der Waals surface area contributed by atoms with Crippen LogP contribution in [0.5, 0.6) is 17.2 Å². The number of aryl methyl sites for hydroxylation is 3. The van der Waals surface area contributed by atoms with Gasteiger partial charge in [0.05, 0.1) is 19.9 Å². The molecule has 0 aliphatic carbocycles. The topological polar surface area (TPSA) is 92.4 Å². The number of rotatable bonds is 10. The van der Waals surface area contributed by atoms with Gasteiger partial charge in [0.1, 0.15) is 5.69 Å². The number of carbonyl (C=O) groups excluding carboxylic acids is 1. The van der Waals surface area contributed by atoms with Gasteiger partial charge in [-0.15, -0.1) is 0 Å². The van der Waals surface area contributed by atoms with Crippen LogP contribution in [0, 0.1) is 13.8 Å². The van der Waals surface area contributed by atoms with Crippen LogP contribution in [0.3, 0.4) is 0 Å². The Morgan fingerprint density at radius 3 is 2.47 bits per heavy atom. The van der Waals surface area contributed by atoms with Gasteiger partial charge in [0.25, 0.3) is 5.91 Å². The lowest BCUT2D eigenvalue weighted by Crippen LogP contribution is -2.26. The predicted octanol–water partition coefficient (Wildman–Crippen LogP) is 2.57. The summed E-state index contributed by atoms with van der Waals surface area (Å²) in [5, 5.41) is 11.6. The third-order valence-electron chi connectivity index (χ3n) is 4.53. The maximum Gasteiger partial charge on any atom is 0.271 e. The van der Waals surface area contributed by atoms with E-state index in [-0.39, 0.29) is 12.6 Å². The molecule has 0 saturated heterocycles. The molecule has 3 rings (SSSR count). The largest absolute Gasteiger partial charge is 0.493 e. The molecular weight excluding hydrogens is 386 g/mol. The lowest BCUT2D eigenvalue weighted by molar-refractivity contribution is 0.0945. The smallest absolute Gasteiger partial charge is 0.271 e. The molecular formula is C21H27N5O4. The molecule has 1 aromatic carbocycles. The van der Waals surface area contributed by atoms with Gasteiger partial charge >= 0.3 is 0 Å². The van der Waals surface area contributed by atoms with Crippen LogP contribution < -0.4 is 19.5 Å². The van der Waals surface area contributed by atoms with Crippen molar-refractivity contribution in [3.8, 4) is 17.2 Å². The maximum absolute atomic E-state index is 12.3. The Balaban J connectivity index is 1.50. The predicted molar refractivity (Wildman–Crippen MR) is 111 cm³/mol. The summed E-state index contributed by atoms with van der Waals surface area (Å²) in [5.74, 6) is 1.37. The average Bonchev–Trinajstić information content (AvgIpc) is 3.35. The van der Waals surface area contributed by atoms with Gasteiger partial charge < -0.3 is 19.5 Å². The summed E-state index contributed by atoms with van der Waals surface area (Å²) < 4.78 is 19.9. The summed E-state index contributed by atoms with van der Waals surface area (Å²) in [7, 11) is 3.12. The molecule has 0 spiro atoms. The van der Waals surface area contributed by atoms with Crippen LogP contribution >= 0.6 is 0 Å². The number of carbonyl (C=O) groups is 1. The van der Waals surface area contributed by atoms with Crippen LogP contribution in [-0.4, -0.2) is 46.2 Å². The van der Waals surface area contributed by atoms with Crippen molar-refractivity contribution in [2.75, 3.05) is 20.8 Å². The first-order valence-corrected chi connectivity index (χ1v) is 9.68. The van der Waals surface area contributed by atoms with E-state index < -0.39 is 0 Å². The molecule has 9 heteroatoms. The SMILES string of the molecule is COc1cccc(OC)c1OCn1ccc(C(=O)NCCCn2nc(C)cc2C)n1. The van der Waals surface area contributed by atoms with Crippen LogP contribution in [-0.2, 0) is 13.3 Å². The third-order valence-corrected chi connectivity index (χ3v) is 4.53. The number of aromatic nitrogens is 4. The van der Waals surface area contributed by atoms with Crippen molar-refractivity contribution in [3.63, 3.8) is 0 Å². The molecule has 0 bridgehead atoms. The fourth-order valence-electron chi connectivity index (χ4n) is 3.07. The van der Waals surface area contributed by atoms with Crippen molar-refractivity contribution < 1.29 is 19.0 Å². The molecule has 1 amide bonds. The Bertz CT molecular complexity index is 973. The summed E-state index contributed by atoms with van der Waals surface area (Å²) >= 11 is 0. The minimum atomic E-state index is -0.225. The van der Waals surface area contributed by atoms with Gasteiger partial charge in [0.15, 0.2) is 18.2 Å². The lowest BCUT2D eigenvalue weighted by atomic mass is 10.3. The Morgan fingerprint density at radius 1 is 1.10 bits per heavy atom. The number of nitrogens with one attached hydrogen (secondary N) is 1. The van der Waals surface area contributed by atoms with Crippen LogP contribution in [0.2, 0.25) is 0 Å². The van der Waals surface area contributed by atoms with Crippen LogP contribution in [0.15, 0.2) is 36.5 Å². The fourth-order valence-corrected chi connectivity index (χ4v) is 3.07. The van der Waals surface area contributed by atoms with Gasteiger partial charge in [0.2, 0.25) is 5.75 Å². The Kier molecular flexibility index (Phi) is 6.95. The van der Waals surface area contributed by atoms with E-state index in [0.717, 1.165) is 24.4 Å².